The third-order valence-corrected chi connectivity index (χ3v) is 2.44. The van der Waals surface area contributed by atoms with Gasteiger partial charge in [0.05, 0.1) is 18.9 Å². The van der Waals surface area contributed by atoms with Gasteiger partial charge in [0, 0.05) is 11.6 Å². The van der Waals surface area contributed by atoms with Crippen molar-refractivity contribution in [3.63, 3.8) is 0 Å². The molecule has 0 aliphatic rings. The molecule has 0 spiro atoms. The van der Waals surface area contributed by atoms with Crippen LogP contribution in [0, 0.1) is 0 Å². The molecule has 1 heterocycles. The van der Waals surface area contributed by atoms with Crippen LogP contribution in [0.4, 0.5) is 0 Å². The Bertz CT molecular complexity index is 321. The Hall–Kier alpha value is -1.09. The van der Waals surface area contributed by atoms with Crippen LogP contribution in [-0.2, 0) is 5.41 Å². The van der Waals surface area contributed by atoms with Gasteiger partial charge in [0.25, 0.3) is 0 Å². The van der Waals surface area contributed by atoms with Crippen molar-refractivity contribution in [2.45, 2.75) is 38.7 Å². The summed E-state index contributed by atoms with van der Waals surface area (Å²) >= 11 is 0. The van der Waals surface area contributed by atoms with E-state index in [0.29, 0.717) is 6.42 Å². The van der Waals surface area contributed by atoms with Crippen molar-refractivity contribution in [2.75, 3.05) is 7.11 Å². The van der Waals surface area contributed by atoms with Crippen molar-refractivity contribution in [1.82, 2.24) is 4.98 Å². The first-order chi connectivity index (χ1) is 6.97. The molecule has 3 nitrogen and oxygen atoms in total. The van der Waals surface area contributed by atoms with Crippen molar-refractivity contribution in [3.8, 4) is 5.75 Å². The van der Waals surface area contributed by atoms with Gasteiger partial charge in [-0.15, -0.1) is 0 Å². The zero-order chi connectivity index (χ0) is 11.5. The van der Waals surface area contributed by atoms with Crippen molar-refractivity contribution in [3.05, 3.63) is 24.0 Å². The van der Waals surface area contributed by atoms with Gasteiger partial charge in [0.2, 0.25) is 0 Å². The summed E-state index contributed by atoms with van der Waals surface area (Å²) in [5, 5.41) is 9.44. The highest BCUT2D eigenvalue weighted by Gasteiger charge is 2.27. The van der Waals surface area contributed by atoms with Crippen LogP contribution in [0.3, 0.4) is 0 Å². The van der Waals surface area contributed by atoms with Crippen LogP contribution in [0.25, 0.3) is 0 Å². The van der Waals surface area contributed by atoms with E-state index >= 15 is 0 Å². The van der Waals surface area contributed by atoms with E-state index in [1.54, 1.807) is 20.2 Å². The number of hydrogen-bond donors (Lipinski definition) is 1. The molecule has 0 aromatic carbocycles. The lowest BCUT2D eigenvalue weighted by molar-refractivity contribution is 0.154. The van der Waals surface area contributed by atoms with Crippen LogP contribution in [0.5, 0.6) is 5.75 Å². The summed E-state index contributed by atoms with van der Waals surface area (Å²) in [7, 11) is 1.64. The predicted octanol–water partition coefficient (Wildman–Crippen LogP) is 2.14. The molecule has 0 fully saturated rings. The molecule has 1 rings (SSSR count). The highest BCUT2D eigenvalue weighted by molar-refractivity contribution is 5.32. The number of rotatable bonds is 4. The van der Waals surface area contributed by atoms with Crippen molar-refractivity contribution in [1.29, 1.82) is 0 Å². The Kier molecular flexibility index (Phi) is 3.69. The number of pyridine rings is 1. The average Bonchev–Trinajstić information content (AvgIpc) is 2.16. The normalized spacial score (nSPS) is 13.7. The topological polar surface area (TPSA) is 42.4 Å². The minimum atomic E-state index is -0.341. The summed E-state index contributed by atoms with van der Waals surface area (Å²) in [5.41, 5.74) is 0.717. The molecule has 84 valence electrons. The third kappa shape index (κ3) is 2.93. The van der Waals surface area contributed by atoms with E-state index in [1.165, 1.54) is 0 Å². The van der Waals surface area contributed by atoms with E-state index in [4.69, 9.17) is 4.74 Å². The van der Waals surface area contributed by atoms with Crippen LogP contribution >= 0.6 is 0 Å². The molecule has 0 saturated carbocycles. The van der Waals surface area contributed by atoms with Crippen LogP contribution < -0.4 is 4.74 Å². The monoisotopic (exact) mass is 209 g/mol. The van der Waals surface area contributed by atoms with Gasteiger partial charge < -0.3 is 9.84 Å². The number of ether oxygens (including phenoxy) is 1. The number of aliphatic hydroxyl groups excluding tert-OH is 1. The van der Waals surface area contributed by atoms with Crippen molar-refractivity contribution >= 4 is 0 Å². The number of aromatic nitrogens is 1. The third-order valence-electron chi connectivity index (χ3n) is 2.44. The lowest BCUT2D eigenvalue weighted by Gasteiger charge is -2.26. The first-order valence-corrected chi connectivity index (χ1v) is 5.15. The van der Waals surface area contributed by atoms with Crippen LogP contribution in [0.1, 0.15) is 32.9 Å². The van der Waals surface area contributed by atoms with E-state index in [0.717, 1.165) is 11.4 Å². The van der Waals surface area contributed by atoms with Gasteiger partial charge in [0.15, 0.2) is 0 Å². The predicted molar refractivity (Wildman–Crippen MR) is 60.1 cm³/mol. The highest BCUT2D eigenvalue weighted by Crippen LogP contribution is 2.32. The van der Waals surface area contributed by atoms with Gasteiger partial charge in [-0.05, 0) is 25.5 Å². The summed E-state index contributed by atoms with van der Waals surface area (Å²) in [6.07, 6.45) is 2.08. The standard InChI is InChI=1S/C12H19NO2/c1-9(14)8-12(2,3)11-10(15-4)6-5-7-13-11/h5-7,9,14H,8H2,1-4H3. The molecule has 1 atom stereocenters. The van der Waals surface area contributed by atoms with Gasteiger partial charge in [-0.2, -0.15) is 0 Å². The number of hydrogen-bond acceptors (Lipinski definition) is 3. The van der Waals surface area contributed by atoms with E-state index in [-0.39, 0.29) is 11.5 Å². The SMILES string of the molecule is COc1cccnc1C(C)(C)CC(C)O. The molecule has 0 aliphatic heterocycles. The molecule has 1 unspecified atom stereocenters. The fourth-order valence-corrected chi connectivity index (χ4v) is 1.90. The Morgan fingerprint density at radius 3 is 2.73 bits per heavy atom. The number of aliphatic hydroxyl groups is 1. The lowest BCUT2D eigenvalue weighted by Crippen LogP contribution is -2.24. The number of nitrogens with zero attached hydrogens (tertiary/aromatic N) is 1. The second-order valence-electron chi connectivity index (χ2n) is 4.49. The summed E-state index contributed by atoms with van der Waals surface area (Å²) in [4.78, 5) is 4.34. The molecule has 0 bridgehead atoms. The van der Waals surface area contributed by atoms with Crippen LogP contribution in [0.2, 0.25) is 0 Å². The molecule has 3 heteroatoms. The van der Waals surface area contributed by atoms with Crippen molar-refractivity contribution in [2.24, 2.45) is 0 Å². The van der Waals surface area contributed by atoms with Gasteiger partial charge >= 0.3 is 0 Å². The lowest BCUT2D eigenvalue weighted by atomic mass is 9.83. The van der Waals surface area contributed by atoms with Gasteiger partial charge in [-0.1, -0.05) is 13.8 Å². The summed E-state index contributed by atoms with van der Waals surface area (Å²) in [5.74, 6) is 0.781. The fourth-order valence-electron chi connectivity index (χ4n) is 1.90. The summed E-state index contributed by atoms with van der Waals surface area (Å²) in [6.45, 7) is 5.91. The second-order valence-corrected chi connectivity index (χ2v) is 4.49. The number of methoxy groups -OCH3 is 1. The average molecular weight is 209 g/mol. The molecular formula is C12H19NO2. The van der Waals surface area contributed by atoms with Gasteiger partial charge in [0.1, 0.15) is 5.75 Å². The van der Waals surface area contributed by atoms with E-state index in [1.807, 2.05) is 12.1 Å². The Labute approximate surface area is 91.1 Å². The Balaban J connectivity index is 3.02. The van der Waals surface area contributed by atoms with E-state index < -0.39 is 0 Å². The second kappa shape index (κ2) is 4.62. The van der Waals surface area contributed by atoms with Gasteiger partial charge in [-0.25, -0.2) is 0 Å². The molecule has 15 heavy (non-hydrogen) atoms. The molecular weight excluding hydrogens is 190 g/mol. The minimum absolute atomic E-state index is 0.180. The van der Waals surface area contributed by atoms with E-state index in [9.17, 15) is 5.11 Å². The summed E-state index contributed by atoms with van der Waals surface area (Å²) in [6, 6.07) is 3.74. The van der Waals surface area contributed by atoms with Crippen LogP contribution in [-0.4, -0.2) is 23.3 Å². The first-order valence-electron chi connectivity index (χ1n) is 5.15. The highest BCUT2D eigenvalue weighted by atomic mass is 16.5. The molecule has 0 aliphatic carbocycles. The maximum Gasteiger partial charge on any atom is 0.140 e. The van der Waals surface area contributed by atoms with Crippen LogP contribution in [0.15, 0.2) is 18.3 Å². The maximum atomic E-state index is 9.44. The molecule has 1 N–H and O–H groups in total. The quantitative estimate of drug-likeness (QED) is 0.826. The summed E-state index contributed by atoms with van der Waals surface area (Å²) < 4.78 is 5.27. The zero-order valence-corrected chi connectivity index (χ0v) is 9.82. The molecule has 0 saturated heterocycles. The van der Waals surface area contributed by atoms with Crippen molar-refractivity contribution < 1.29 is 9.84 Å². The largest absolute Gasteiger partial charge is 0.495 e. The molecule has 1 aromatic heterocycles. The fraction of sp³-hybridized carbons (Fsp3) is 0.583. The molecule has 0 amide bonds. The van der Waals surface area contributed by atoms with E-state index in [2.05, 4.69) is 18.8 Å². The minimum Gasteiger partial charge on any atom is -0.495 e. The zero-order valence-electron chi connectivity index (χ0n) is 9.82. The maximum absolute atomic E-state index is 9.44. The Morgan fingerprint density at radius 1 is 1.53 bits per heavy atom. The first kappa shape index (κ1) is 12.0. The molecule has 0 radical (unpaired) electrons. The van der Waals surface area contributed by atoms with Gasteiger partial charge in [-0.3, -0.25) is 4.98 Å². The Morgan fingerprint density at radius 2 is 2.20 bits per heavy atom. The smallest absolute Gasteiger partial charge is 0.140 e. The molecule has 1 aromatic rings.